The van der Waals surface area contributed by atoms with Crippen LogP contribution in [-0.2, 0) is 9.53 Å². The van der Waals surface area contributed by atoms with Crippen LogP contribution in [0.25, 0.3) is 16.8 Å². The van der Waals surface area contributed by atoms with Gasteiger partial charge in [-0.1, -0.05) is 48.6 Å². The standard InChI is InChI=1S/C15H11O2/c16-10-17-9-12-6-8-15-13-4-2-1-3-11(13)5-7-14(12)15/h1-8,12H,9H2. The van der Waals surface area contributed by atoms with Gasteiger partial charge in [-0.2, -0.15) is 0 Å². The van der Waals surface area contributed by atoms with Crippen molar-refractivity contribution in [1.82, 2.24) is 0 Å². The predicted octanol–water partition coefficient (Wildman–Crippen LogP) is 3.03. The van der Waals surface area contributed by atoms with E-state index in [2.05, 4.69) is 36.4 Å². The van der Waals surface area contributed by atoms with Crippen LogP contribution in [0.1, 0.15) is 17.0 Å². The topological polar surface area (TPSA) is 26.3 Å². The van der Waals surface area contributed by atoms with Crippen molar-refractivity contribution in [2.24, 2.45) is 0 Å². The van der Waals surface area contributed by atoms with E-state index in [4.69, 9.17) is 4.74 Å². The van der Waals surface area contributed by atoms with Gasteiger partial charge in [0.2, 0.25) is 0 Å². The van der Waals surface area contributed by atoms with Crippen molar-refractivity contribution in [1.29, 1.82) is 0 Å². The summed E-state index contributed by atoms with van der Waals surface area (Å²) in [5, 5.41) is 2.48. The lowest BCUT2D eigenvalue weighted by molar-refractivity contribution is 0.270. The SMILES string of the molecule is O=[C]OCC1C=Cc2c1ccc1ccccc21. The molecule has 2 aromatic carbocycles. The third-order valence-corrected chi connectivity index (χ3v) is 3.22. The summed E-state index contributed by atoms with van der Waals surface area (Å²) in [7, 11) is 0. The largest absolute Gasteiger partial charge is 0.456 e. The maximum atomic E-state index is 10.1. The first-order valence-corrected chi connectivity index (χ1v) is 5.59. The zero-order chi connectivity index (χ0) is 11.7. The minimum absolute atomic E-state index is 0.163. The monoisotopic (exact) mass is 223 g/mol. The number of fused-ring (bicyclic) bond motifs is 3. The van der Waals surface area contributed by atoms with Crippen molar-refractivity contribution in [3.8, 4) is 0 Å². The van der Waals surface area contributed by atoms with Crippen LogP contribution in [0.4, 0.5) is 0 Å². The van der Waals surface area contributed by atoms with Crippen LogP contribution in [-0.4, -0.2) is 13.1 Å². The smallest absolute Gasteiger partial charge is 0.417 e. The Morgan fingerprint density at radius 3 is 2.94 bits per heavy atom. The normalized spacial score (nSPS) is 17.1. The van der Waals surface area contributed by atoms with E-state index in [1.807, 2.05) is 12.1 Å². The Kier molecular flexibility index (Phi) is 2.41. The first-order valence-electron chi connectivity index (χ1n) is 5.59. The van der Waals surface area contributed by atoms with E-state index in [1.54, 1.807) is 0 Å². The highest BCUT2D eigenvalue weighted by atomic mass is 16.5. The van der Waals surface area contributed by atoms with Crippen LogP contribution in [0, 0.1) is 0 Å². The highest BCUT2D eigenvalue weighted by molar-refractivity contribution is 5.93. The van der Waals surface area contributed by atoms with Gasteiger partial charge in [0.25, 0.3) is 0 Å². The van der Waals surface area contributed by atoms with E-state index in [-0.39, 0.29) is 5.92 Å². The summed E-state index contributed by atoms with van der Waals surface area (Å²) < 4.78 is 4.73. The Bertz CT molecular complexity index is 599. The van der Waals surface area contributed by atoms with Crippen molar-refractivity contribution >= 4 is 23.3 Å². The number of hydrogen-bond acceptors (Lipinski definition) is 2. The fraction of sp³-hybridized carbons (Fsp3) is 0.133. The average Bonchev–Trinajstić information content (AvgIpc) is 2.80. The van der Waals surface area contributed by atoms with Crippen molar-refractivity contribution in [2.75, 3.05) is 6.61 Å². The lowest BCUT2D eigenvalue weighted by Crippen LogP contribution is -2.03. The molecule has 0 bridgehead atoms. The van der Waals surface area contributed by atoms with Gasteiger partial charge in [0.1, 0.15) is 6.61 Å². The summed E-state index contributed by atoms with van der Waals surface area (Å²) in [6, 6.07) is 12.5. The third-order valence-electron chi connectivity index (χ3n) is 3.22. The van der Waals surface area contributed by atoms with Gasteiger partial charge in [0.15, 0.2) is 0 Å². The molecule has 2 nitrogen and oxygen atoms in total. The van der Waals surface area contributed by atoms with Crippen molar-refractivity contribution in [2.45, 2.75) is 5.92 Å². The summed E-state index contributed by atoms with van der Waals surface area (Å²) in [5.74, 6) is 0.163. The molecule has 3 rings (SSSR count). The zero-order valence-electron chi connectivity index (χ0n) is 9.22. The molecular formula is C15H11O2. The molecule has 2 heteroatoms. The molecule has 1 unspecified atom stereocenters. The number of carbonyl (C=O) groups excluding carboxylic acids is 1. The molecule has 0 amide bonds. The molecule has 1 aliphatic carbocycles. The molecule has 1 atom stereocenters. The Morgan fingerprint density at radius 1 is 1.18 bits per heavy atom. The summed E-state index contributed by atoms with van der Waals surface area (Å²) in [4.78, 5) is 10.1. The number of benzene rings is 2. The van der Waals surface area contributed by atoms with E-state index < -0.39 is 0 Å². The van der Waals surface area contributed by atoms with Gasteiger partial charge in [-0.25, -0.2) is 4.79 Å². The maximum absolute atomic E-state index is 10.1. The molecule has 2 aromatic rings. The number of hydrogen-bond donors (Lipinski definition) is 0. The molecule has 0 spiro atoms. The van der Waals surface area contributed by atoms with Crippen LogP contribution >= 0.6 is 0 Å². The zero-order valence-corrected chi connectivity index (χ0v) is 9.22. The van der Waals surface area contributed by atoms with Crippen LogP contribution in [0.5, 0.6) is 0 Å². The van der Waals surface area contributed by atoms with E-state index in [9.17, 15) is 4.79 Å². The second-order valence-electron chi connectivity index (χ2n) is 4.15. The van der Waals surface area contributed by atoms with Crippen LogP contribution in [0.2, 0.25) is 0 Å². The molecule has 1 aliphatic rings. The van der Waals surface area contributed by atoms with Gasteiger partial charge in [-0.15, -0.1) is 0 Å². The van der Waals surface area contributed by atoms with Gasteiger partial charge in [0.05, 0.1) is 0 Å². The maximum Gasteiger partial charge on any atom is 0.417 e. The summed E-state index contributed by atoms with van der Waals surface area (Å²) in [6.45, 7) is 1.85. The second-order valence-corrected chi connectivity index (χ2v) is 4.15. The highest BCUT2D eigenvalue weighted by Crippen LogP contribution is 2.35. The first kappa shape index (κ1) is 10.1. The minimum Gasteiger partial charge on any atom is -0.456 e. The van der Waals surface area contributed by atoms with E-state index in [0.717, 1.165) is 0 Å². The quantitative estimate of drug-likeness (QED) is 0.799. The van der Waals surface area contributed by atoms with Gasteiger partial charge in [-0.3, -0.25) is 0 Å². The molecule has 83 valence electrons. The predicted molar refractivity (Wildman–Crippen MR) is 67.4 cm³/mol. The Labute approximate surface area is 99.5 Å². The summed E-state index contributed by atoms with van der Waals surface area (Å²) in [6.07, 6.45) is 4.19. The average molecular weight is 223 g/mol. The minimum atomic E-state index is 0.163. The van der Waals surface area contributed by atoms with Gasteiger partial charge < -0.3 is 4.74 Å². The Hall–Kier alpha value is -2.09. The van der Waals surface area contributed by atoms with Crippen LogP contribution < -0.4 is 0 Å². The van der Waals surface area contributed by atoms with E-state index in [0.29, 0.717) is 6.61 Å². The lowest BCUT2D eigenvalue weighted by Gasteiger charge is -2.10. The molecular weight excluding hydrogens is 212 g/mol. The van der Waals surface area contributed by atoms with Crippen molar-refractivity contribution in [3.05, 3.63) is 53.6 Å². The van der Waals surface area contributed by atoms with Gasteiger partial charge in [-0.05, 0) is 21.9 Å². The van der Waals surface area contributed by atoms with Crippen LogP contribution in [0.3, 0.4) is 0 Å². The molecule has 0 N–H and O–H groups in total. The van der Waals surface area contributed by atoms with Gasteiger partial charge in [0, 0.05) is 5.92 Å². The Balaban J connectivity index is 2.08. The van der Waals surface area contributed by atoms with Crippen molar-refractivity contribution < 1.29 is 9.53 Å². The molecule has 0 aromatic heterocycles. The second kappa shape index (κ2) is 4.06. The summed E-state index contributed by atoms with van der Waals surface area (Å²) in [5.41, 5.74) is 2.46. The van der Waals surface area contributed by atoms with E-state index in [1.165, 1.54) is 28.4 Å². The third kappa shape index (κ3) is 1.62. The van der Waals surface area contributed by atoms with E-state index >= 15 is 0 Å². The molecule has 0 heterocycles. The summed E-state index contributed by atoms with van der Waals surface area (Å²) >= 11 is 0. The molecule has 0 aliphatic heterocycles. The lowest BCUT2D eigenvalue weighted by atomic mass is 9.96. The molecule has 0 saturated carbocycles. The number of rotatable bonds is 3. The molecule has 0 saturated heterocycles. The molecule has 0 fully saturated rings. The fourth-order valence-electron chi connectivity index (χ4n) is 2.41. The van der Waals surface area contributed by atoms with Crippen molar-refractivity contribution in [3.63, 3.8) is 0 Å². The highest BCUT2D eigenvalue weighted by Gasteiger charge is 2.19. The van der Waals surface area contributed by atoms with Crippen LogP contribution in [0.15, 0.2) is 42.5 Å². The molecule has 1 radical (unpaired) electrons. The number of ether oxygens (including phenoxy) is 1. The fourth-order valence-corrected chi connectivity index (χ4v) is 2.41. The van der Waals surface area contributed by atoms with Gasteiger partial charge >= 0.3 is 6.47 Å². The first-order chi connectivity index (χ1) is 8.40. The Morgan fingerprint density at radius 2 is 2.06 bits per heavy atom. The molecule has 17 heavy (non-hydrogen) atoms.